The van der Waals surface area contributed by atoms with Crippen molar-refractivity contribution in [2.75, 3.05) is 138 Å². The molecule has 1 aromatic carbocycles. The highest BCUT2D eigenvalue weighted by Crippen LogP contribution is 2.20. The fourth-order valence-corrected chi connectivity index (χ4v) is 5.38. The first kappa shape index (κ1) is 65.0. The molecule has 0 bridgehead atoms. The summed E-state index contributed by atoms with van der Waals surface area (Å²) in [6.45, 7) is 12.9. The van der Waals surface area contributed by atoms with E-state index < -0.39 is 36.3 Å². The van der Waals surface area contributed by atoms with E-state index >= 15 is 0 Å². The molecule has 70 heavy (non-hydrogen) atoms. The van der Waals surface area contributed by atoms with Crippen molar-refractivity contribution in [3.8, 4) is 5.75 Å². The van der Waals surface area contributed by atoms with Crippen LogP contribution in [-0.4, -0.2) is 205 Å². The summed E-state index contributed by atoms with van der Waals surface area (Å²) < 4.78 is 112. The number of halogens is 9. The minimum atomic E-state index is -4.77. The summed E-state index contributed by atoms with van der Waals surface area (Å²) in [5, 5.41) is 11.4. The van der Waals surface area contributed by atoms with Crippen LogP contribution in [0.3, 0.4) is 0 Å². The second-order valence-electron chi connectivity index (χ2n) is 15.3. The molecule has 0 spiro atoms. The predicted octanol–water partition coefficient (Wildman–Crippen LogP) is 3.51. The Bertz CT molecular complexity index is 1640. The summed E-state index contributed by atoms with van der Waals surface area (Å²) in [6, 6.07) is 9.13. The number of nitrogens with two attached hydrogens (primary N) is 2. The molecule has 8 N–H and O–H groups in total. The highest BCUT2D eigenvalue weighted by Gasteiger charge is 2.43. The lowest BCUT2D eigenvalue weighted by molar-refractivity contribution is -0.185. The number of nitrogens with zero attached hydrogens (tertiary/aromatic N) is 5. The SMILES string of the molecule is C1=CCNCCNC1.CCCCNC(=O)C(F)(F)F.CN1C/C=C/CN(C(=O)C(F)(F)F)CC1.CN1C/C=C\CN(C(=O)C(F)(F)F)CC1.NCCN.O=C(Oc1ccccc1)N1C/C=C/CNCC1. The van der Waals surface area contributed by atoms with Gasteiger partial charge in [-0.15, -0.1) is 0 Å². The van der Waals surface area contributed by atoms with Gasteiger partial charge in [0.25, 0.3) is 0 Å². The van der Waals surface area contributed by atoms with Gasteiger partial charge < -0.3 is 62.0 Å². The lowest BCUT2D eigenvalue weighted by Gasteiger charge is -2.26. The van der Waals surface area contributed by atoms with Crippen LogP contribution < -0.4 is 37.5 Å². The molecule has 1 aromatic rings. The quantitative estimate of drug-likeness (QED) is 0.143. The molecule has 0 fully saturated rings. The maximum absolute atomic E-state index is 12.1. The van der Waals surface area contributed by atoms with Crippen molar-refractivity contribution in [2.24, 2.45) is 11.5 Å². The highest BCUT2D eigenvalue weighted by atomic mass is 19.4. The predicted molar refractivity (Wildman–Crippen MR) is 252 cm³/mol. The number of rotatable bonds is 5. The summed E-state index contributed by atoms with van der Waals surface area (Å²) in [5.41, 5.74) is 9.81. The fraction of sp³-hybridized carbons (Fsp3) is 0.600. The third-order valence-electron chi connectivity index (χ3n) is 9.31. The Morgan fingerprint density at radius 1 is 0.571 bits per heavy atom. The van der Waals surface area contributed by atoms with Gasteiger partial charge in [-0.05, 0) is 32.6 Å². The second kappa shape index (κ2) is 37.7. The fourth-order valence-electron chi connectivity index (χ4n) is 5.38. The van der Waals surface area contributed by atoms with Crippen LogP contribution in [0.2, 0.25) is 0 Å². The molecular formula is C45H72F9N11O5. The Balaban J connectivity index is 0.000000848. The summed E-state index contributed by atoms with van der Waals surface area (Å²) in [5.74, 6) is -4.80. The zero-order chi connectivity index (χ0) is 52.9. The third kappa shape index (κ3) is 33.5. The Kier molecular flexibility index (Phi) is 35.0. The maximum Gasteiger partial charge on any atom is 0.471 e. The average Bonchev–Trinajstić information content (AvgIpc) is 3.26. The van der Waals surface area contributed by atoms with Gasteiger partial charge in [0.2, 0.25) is 0 Å². The van der Waals surface area contributed by atoms with Crippen LogP contribution in [0.1, 0.15) is 19.8 Å². The van der Waals surface area contributed by atoms with Crippen LogP contribution in [0.5, 0.6) is 5.75 Å². The van der Waals surface area contributed by atoms with Crippen molar-refractivity contribution in [1.82, 2.24) is 45.8 Å². The molecule has 0 radical (unpaired) electrons. The first-order chi connectivity index (χ1) is 33.1. The molecule has 5 rings (SSSR count). The average molecular weight is 1020 g/mol. The van der Waals surface area contributed by atoms with Gasteiger partial charge in [-0.2, -0.15) is 39.5 Å². The molecule has 4 amide bonds. The lowest BCUT2D eigenvalue weighted by atomic mass is 10.3. The number of carbonyl (C=O) groups is 4. The lowest BCUT2D eigenvalue weighted by Crippen LogP contribution is -2.45. The van der Waals surface area contributed by atoms with Gasteiger partial charge >= 0.3 is 42.3 Å². The third-order valence-corrected chi connectivity index (χ3v) is 9.31. The van der Waals surface area contributed by atoms with E-state index in [0.29, 0.717) is 64.5 Å². The van der Waals surface area contributed by atoms with Gasteiger partial charge in [-0.25, -0.2) is 4.79 Å². The van der Waals surface area contributed by atoms with Crippen molar-refractivity contribution in [3.63, 3.8) is 0 Å². The molecule has 0 aromatic heterocycles. The monoisotopic (exact) mass is 1020 g/mol. The Labute approximate surface area is 405 Å². The van der Waals surface area contributed by atoms with Crippen molar-refractivity contribution in [3.05, 3.63) is 78.9 Å². The van der Waals surface area contributed by atoms with Crippen LogP contribution in [-0.2, 0) is 14.4 Å². The standard InChI is InChI=1S/C13H16N2O2.2C9H13F3N2O.C6H10F3NO.C6H12N2.C2H8N2/c16-13(17-12-6-2-1-3-7-12)15-10-5-4-8-14-9-11-15;2*1-13-4-2-3-5-14(7-6-13)8(15)9(10,11)12;1-2-3-4-10-5(11)6(7,8)9;1-2-4-8-6-5-7-3-1;3-1-2-4/h1-7,14H,8-11H2;2*2-3H,4-7H2,1H3;2-4H2,1H3,(H,10,11);1-2,7-8H,3-6H2;1-4H2/b5-4+;3-2+;3-2-;;;. The number of ether oxygens (including phenoxy) is 1. The van der Waals surface area contributed by atoms with E-state index in [-0.39, 0.29) is 38.8 Å². The highest BCUT2D eigenvalue weighted by molar-refractivity contribution is 5.82. The van der Waals surface area contributed by atoms with Crippen molar-refractivity contribution in [1.29, 1.82) is 0 Å². The topological polar surface area (TPSA) is 194 Å². The van der Waals surface area contributed by atoms with Crippen LogP contribution >= 0.6 is 0 Å². The van der Waals surface area contributed by atoms with Gasteiger partial charge in [0.15, 0.2) is 0 Å². The number of alkyl halides is 9. The maximum atomic E-state index is 12.1. The largest absolute Gasteiger partial charge is 0.471 e. The van der Waals surface area contributed by atoms with E-state index in [0.717, 1.165) is 55.5 Å². The molecule has 0 aliphatic carbocycles. The van der Waals surface area contributed by atoms with Crippen LogP contribution in [0.25, 0.3) is 0 Å². The summed E-state index contributed by atoms with van der Waals surface area (Å²) in [6.07, 6.45) is 1.71. The Morgan fingerprint density at radius 2 is 0.986 bits per heavy atom. The molecule has 4 aliphatic rings. The first-order valence-corrected chi connectivity index (χ1v) is 22.7. The smallest absolute Gasteiger partial charge is 0.410 e. The normalized spacial score (nSPS) is 18.5. The zero-order valence-electron chi connectivity index (χ0n) is 40.2. The molecule has 400 valence electrons. The van der Waals surface area contributed by atoms with E-state index in [1.54, 1.807) is 60.7 Å². The number of hydrogen-bond acceptors (Lipinski definition) is 12. The van der Waals surface area contributed by atoms with E-state index in [9.17, 15) is 58.7 Å². The zero-order valence-corrected chi connectivity index (χ0v) is 40.2. The molecule has 4 heterocycles. The summed E-state index contributed by atoms with van der Waals surface area (Å²) >= 11 is 0. The number of para-hydroxylation sites is 1. The number of carbonyl (C=O) groups excluding carboxylic acids is 4. The first-order valence-electron chi connectivity index (χ1n) is 22.7. The Morgan fingerprint density at radius 3 is 1.41 bits per heavy atom. The van der Waals surface area contributed by atoms with Crippen molar-refractivity contribution >= 4 is 23.8 Å². The van der Waals surface area contributed by atoms with E-state index in [2.05, 4.69) is 28.1 Å². The number of amides is 4. The van der Waals surface area contributed by atoms with Crippen LogP contribution in [0, 0.1) is 0 Å². The van der Waals surface area contributed by atoms with Crippen molar-refractivity contribution in [2.45, 2.75) is 38.3 Å². The van der Waals surface area contributed by atoms with E-state index in [1.165, 1.54) is 0 Å². The second-order valence-corrected chi connectivity index (χ2v) is 15.3. The van der Waals surface area contributed by atoms with Gasteiger partial charge in [0.05, 0.1) is 0 Å². The molecule has 0 unspecified atom stereocenters. The molecular weight excluding hydrogens is 946 g/mol. The molecule has 0 saturated heterocycles. The minimum absolute atomic E-state index is 0.0339. The number of hydrogen-bond donors (Lipinski definition) is 6. The van der Waals surface area contributed by atoms with Gasteiger partial charge in [-0.1, -0.05) is 80.2 Å². The summed E-state index contributed by atoms with van der Waals surface area (Å²) in [7, 11) is 3.60. The van der Waals surface area contributed by atoms with Crippen LogP contribution in [0.4, 0.5) is 44.3 Å². The number of likely N-dealkylation sites (N-methyl/N-ethyl adjacent to an activating group) is 2. The van der Waals surface area contributed by atoms with E-state index in [1.807, 2.05) is 47.1 Å². The molecule has 0 atom stereocenters. The molecule has 0 saturated carbocycles. The number of unbranched alkanes of at least 4 members (excludes halogenated alkanes) is 1. The molecule has 25 heteroatoms. The minimum Gasteiger partial charge on any atom is -0.410 e. The van der Waals surface area contributed by atoms with Gasteiger partial charge in [0.1, 0.15) is 5.75 Å². The number of nitrogens with one attached hydrogen (secondary N) is 4. The van der Waals surface area contributed by atoms with Crippen molar-refractivity contribution < 1.29 is 63.4 Å². The van der Waals surface area contributed by atoms with E-state index in [4.69, 9.17) is 16.2 Å². The van der Waals surface area contributed by atoms with Crippen LogP contribution in [0.15, 0.2) is 78.9 Å². The number of benzene rings is 1. The summed E-state index contributed by atoms with van der Waals surface area (Å²) in [4.78, 5) is 50.9. The van der Waals surface area contributed by atoms with Gasteiger partial charge in [-0.3, -0.25) is 14.4 Å². The van der Waals surface area contributed by atoms with Gasteiger partial charge in [0, 0.05) is 124 Å². The molecule has 16 nitrogen and oxygen atoms in total. The molecule has 4 aliphatic heterocycles. The Hall–Kier alpha value is -5.05.